The van der Waals surface area contributed by atoms with Crippen LogP contribution in [0.5, 0.6) is 0 Å². The van der Waals surface area contributed by atoms with Gasteiger partial charge in [0.25, 0.3) is 0 Å². The van der Waals surface area contributed by atoms with Gasteiger partial charge in [-0.2, -0.15) is 0 Å². The van der Waals surface area contributed by atoms with Crippen LogP contribution < -0.4 is 5.73 Å². The van der Waals surface area contributed by atoms with Gasteiger partial charge in [-0.05, 0) is 36.2 Å². The van der Waals surface area contributed by atoms with Crippen molar-refractivity contribution < 1.29 is 9.18 Å². The van der Waals surface area contributed by atoms with Gasteiger partial charge in [0, 0.05) is 12.6 Å². The molecule has 0 aliphatic rings. The first-order valence-electron chi connectivity index (χ1n) is 5.56. The fourth-order valence-electron chi connectivity index (χ4n) is 1.73. The molecule has 0 aliphatic heterocycles. The molecular formula is C14H13FN2O. The zero-order valence-corrected chi connectivity index (χ0v) is 9.98. The summed E-state index contributed by atoms with van der Waals surface area (Å²) in [6.45, 7) is 1.84. The molecule has 0 spiro atoms. The van der Waals surface area contributed by atoms with Crippen molar-refractivity contribution in [3.8, 4) is 0 Å². The smallest absolute Gasteiger partial charge is 0.170 e. The monoisotopic (exact) mass is 244 g/mol. The lowest BCUT2D eigenvalue weighted by atomic mass is 10.0. The van der Waals surface area contributed by atoms with Crippen LogP contribution in [-0.2, 0) is 6.42 Å². The number of nitrogens with two attached hydrogens (primary N) is 1. The number of nitrogen functional groups attached to an aromatic ring is 1. The molecule has 18 heavy (non-hydrogen) atoms. The zero-order valence-electron chi connectivity index (χ0n) is 9.98. The highest BCUT2D eigenvalue weighted by molar-refractivity contribution is 6.01. The Labute approximate surface area is 104 Å². The van der Waals surface area contributed by atoms with E-state index in [9.17, 15) is 9.18 Å². The molecular weight excluding hydrogens is 231 g/mol. The molecule has 2 N–H and O–H groups in total. The summed E-state index contributed by atoms with van der Waals surface area (Å²) >= 11 is 0. The van der Waals surface area contributed by atoms with E-state index in [1.165, 1.54) is 12.1 Å². The Kier molecular flexibility index (Phi) is 3.37. The second-order valence-electron chi connectivity index (χ2n) is 4.18. The van der Waals surface area contributed by atoms with E-state index in [1.54, 1.807) is 24.4 Å². The van der Waals surface area contributed by atoms with Crippen LogP contribution in [0.2, 0.25) is 0 Å². The first kappa shape index (κ1) is 12.2. The first-order valence-corrected chi connectivity index (χ1v) is 5.56. The Bertz CT molecular complexity index is 596. The lowest BCUT2D eigenvalue weighted by Crippen LogP contribution is -2.09. The Hall–Kier alpha value is -2.23. The van der Waals surface area contributed by atoms with Crippen LogP contribution in [0.3, 0.4) is 0 Å². The van der Waals surface area contributed by atoms with Gasteiger partial charge in [-0.15, -0.1) is 0 Å². The number of aryl methyl sites for hydroxylation is 1. The number of carbonyl (C=O) groups excluding carboxylic acids is 1. The summed E-state index contributed by atoms with van der Waals surface area (Å²) in [6, 6.07) is 7.67. The van der Waals surface area contributed by atoms with Gasteiger partial charge < -0.3 is 5.73 Å². The third kappa shape index (κ3) is 2.71. The van der Waals surface area contributed by atoms with Crippen LogP contribution in [0.4, 0.5) is 10.2 Å². The minimum absolute atomic E-state index is 0.118. The van der Waals surface area contributed by atoms with Crippen molar-refractivity contribution in [2.24, 2.45) is 0 Å². The van der Waals surface area contributed by atoms with Crippen molar-refractivity contribution in [2.45, 2.75) is 13.3 Å². The van der Waals surface area contributed by atoms with Gasteiger partial charge in [0.05, 0.1) is 5.56 Å². The van der Waals surface area contributed by atoms with Crippen LogP contribution in [0.1, 0.15) is 21.5 Å². The fraction of sp³-hybridized carbons (Fsp3) is 0.143. The van der Waals surface area contributed by atoms with E-state index in [0.29, 0.717) is 11.1 Å². The normalized spacial score (nSPS) is 10.3. The molecule has 0 amide bonds. The molecule has 4 heteroatoms. The van der Waals surface area contributed by atoms with E-state index in [2.05, 4.69) is 4.98 Å². The maximum Gasteiger partial charge on any atom is 0.170 e. The van der Waals surface area contributed by atoms with Gasteiger partial charge >= 0.3 is 0 Å². The summed E-state index contributed by atoms with van der Waals surface area (Å²) in [6.07, 6.45) is 1.72. The summed E-state index contributed by atoms with van der Waals surface area (Å²) in [7, 11) is 0. The number of pyridine rings is 1. The number of aromatic nitrogens is 1. The summed E-state index contributed by atoms with van der Waals surface area (Å²) < 4.78 is 13.0. The molecule has 0 unspecified atom stereocenters. The fourth-order valence-corrected chi connectivity index (χ4v) is 1.73. The van der Waals surface area contributed by atoms with Crippen LogP contribution in [0.15, 0.2) is 36.5 Å². The standard InChI is InChI=1S/C14H13FN2O/c1-9-5-12(14(16)17-8-9)13(18)7-10-3-2-4-11(15)6-10/h2-6,8H,7H2,1H3,(H2,16,17). The Balaban J connectivity index is 2.24. The molecule has 1 heterocycles. The minimum atomic E-state index is -0.351. The van der Waals surface area contributed by atoms with Crippen molar-refractivity contribution >= 4 is 11.6 Å². The van der Waals surface area contributed by atoms with Crippen LogP contribution >= 0.6 is 0 Å². The molecule has 2 rings (SSSR count). The number of carbonyl (C=O) groups is 1. The second-order valence-corrected chi connectivity index (χ2v) is 4.18. The van der Waals surface area contributed by atoms with E-state index in [-0.39, 0.29) is 23.8 Å². The number of rotatable bonds is 3. The van der Waals surface area contributed by atoms with Crippen LogP contribution in [0.25, 0.3) is 0 Å². The van der Waals surface area contributed by atoms with Gasteiger partial charge in [0.15, 0.2) is 5.78 Å². The summed E-state index contributed by atoms with van der Waals surface area (Å²) in [5, 5.41) is 0. The van der Waals surface area contributed by atoms with Gasteiger partial charge in [-0.25, -0.2) is 9.37 Å². The van der Waals surface area contributed by atoms with E-state index in [4.69, 9.17) is 5.73 Å². The molecule has 0 saturated carbocycles. The largest absolute Gasteiger partial charge is 0.383 e. The van der Waals surface area contributed by atoms with E-state index >= 15 is 0 Å². The van der Waals surface area contributed by atoms with Crippen molar-refractivity contribution in [2.75, 3.05) is 5.73 Å². The predicted molar refractivity (Wildman–Crippen MR) is 67.8 cm³/mol. The summed E-state index contributed by atoms with van der Waals surface area (Å²) in [4.78, 5) is 16.0. The molecule has 0 atom stereocenters. The number of hydrogen-bond donors (Lipinski definition) is 1. The van der Waals surface area contributed by atoms with E-state index in [1.807, 2.05) is 6.92 Å². The van der Waals surface area contributed by atoms with E-state index < -0.39 is 0 Å². The number of halogens is 1. The molecule has 3 nitrogen and oxygen atoms in total. The summed E-state index contributed by atoms with van der Waals surface area (Å²) in [5.41, 5.74) is 7.55. The van der Waals surface area contributed by atoms with Gasteiger partial charge in [0.1, 0.15) is 11.6 Å². The molecule has 0 fully saturated rings. The Morgan fingerprint density at radius 1 is 1.39 bits per heavy atom. The Morgan fingerprint density at radius 3 is 2.89 bits per heavy atom. The maximum absolute atomic E-state index is 13.0. The maximum atomic E-state index is 13.0. The molecule has 1 aromatic heterocycles. The second kappa shape index (κ2) is 4.96. The average molecular weight is 244 g/mol. The highest BCUT2D eigenvalue weighted by Gasteiger charge is 2.12. The number of nitrogens with zero attached hydrogens (tertiary/aromatic N) is 1. The van der Waals surface area contributed by atoms with Gasteiger partial charge in [-0.3, -0.25) is 4.79 Å². The molecule has 0 saturated heterocycles. The lowest BCUT2D eigenvalue weighted by molar-refractivity contribution is 0.0993. The number of Topliss-reactive ketones (excluding diaryl/α,β-unsaturated/α-hetero) is 1. The number of hydrogen-bond acceptors (Lipinski definition) is 3. The highest BCUT2D eigenvalue weighted by Crippen LogP contribution is 2.14. The SMILES string of the molecule is Cc1cnc(N)c(C(=O)Cc2cccc(F)c2)c1. The number of benzene rings is 1. The van der Waals surface area contributed by atoms with Crippen LogP contribution in [-0.4, -0.2) is 10.8 Å². The quantitative estimate of drug-likeness (QED) is 0.844. The average Bonchev–Trinajstić information content (AvgIpc) is 2.32. The van der Waals surface area contributed by atoms with Gasteiger partial charge in [0.2, 0.25) is 0 Å². The van der Waals surface area contributed by atoms with Crippen LogP contribution in [0, 0.1) is 12.7 Å². The summed E-state index contributed by atoms with van der Waals surface area (Å²) in [5.74, 6) is -0.299. The number of anilines is 1. The van der Waals surface area contributed by atoms with Crippen molar-refractivity contribution in [1.82, 2.24) is 4.98 Å². The van der Waals surface area contributed by atoms with E-state index in [0.717, 1.165) is 5.56 Å². The van der Waals surface area contributed by atoms with Crippen molar-refractivity contribution in [1.29, 1.82) is 0 Å². The predicted octanol–water partition coefficient (Wildman–Crippen LogP) is 2.54. The zero-order chi connectivity index (χ0) is 13.1. The Morgan fingerprint density at radius 2 is 2.17 bits per heavy atom. The molecule has 0 bridgehead atoms. The minimum Gasteiger partial charge on any atom is -0.383 e. The molecule has 92 valence electrons. The van der Waals surface area contributed by atoms with Gasteiger partial charge in [-0.1, -0.05) is 12.1 Å². The van der Waals surface area contributed by atoms with Crippen molar-refractivity contribution in [3.63, 3.8) is 0 Å². The van der Waals surface area contributed by atoms with Crippen molar-refractivity contribution in [3.05, 3.63) is 59.0 Å². The molecule has 0 radical (unpaired) electrons. The molecule has 0 aliphatic carbocycles. The topological polar surface area (TPSA) is 56.0 Å². The lowest BCUT2D eigenvalue weighted by Gasteiger charge is -2.05. The molecule has 2 aromatic rings. The molecule has 1 aromatic carbocycles. The third-order valence-electron chi connectivity index (χ3n) is 2.61. The third-order valence-corrected chi connectivity index (χ3v) is 2.61. The first-order chi connectivity index (χ1) is 8.56. The number of ketones is 1. The highest BCUT2D eigenvalue weighted by atomic mass is 19.1.